The van der Waals surface area contributed by atoms with Crippen LogP contribution in [0.2, 0.25) is 5.02 Å². The largest absolute Gasteiger partial charge is 0.354 e. The van der Waals surface area contributed by atoms with Crippen LogP contribution in [0.25, 0.3) is 10.9 Å². The fourth-order valence-electron chi connectivity index (χ4n) is 2.48. The van der Waals surface area contributed by atoms with Crippen LogP contribution in [0, 0.1) is 29.0 Å². The third-order valence-electron chi connectivity index (χ3n) is 3.67. The molecular weight excluding hydrogens is 367 g/mol. The summed E-state index contributed by atoms with van der Waals surface area (Å²) in [5, 5.41) is 15.7. The number of nitrogens with one attached hydrogen (secondary N) is 2. The molecule has 3 aromatic rings. The Morgan fingerprint density at radius 3 is 2.70 bits per heavy atom. The lowest BCUT2D eigenvalue weighted by Gasteiger charge is -2.13. The van der Waals surface area contributed by atoms with Gasteiger partial charge in [-0.05, 0) is 49.2 Å². The number of pyridine rings is 1. The zero-order chi connectivity index (χ0) is 19.4. The molecule has 132 valence electrons. The highest BCUT2D eigenvalue weighted by Crippen LogP contribution is 2.31. The molecule has 0 fully saturated rings. The number of anilines is 3. The van der Waals surface area contributed by atoms with E-state index in [9.17, 15) is 14.4 Å². The highest BCUT2D eigenvalue weighted by atomic mass is 35.5. The lowest BCUT2D eigenvalue weighted by Crippen LogP contribution is -2.08. The molecule has 7 heteroatoms. The van der Waals surface area contributed by atoms with Gasteiger partial charge in [0.1, 0.15) is 11.9 Å². The van der Waals surface area contributed by atoms with Crippen LogP contribution in [-0.2, 0) is 4.79 Å². The number of aromatic nitrogens is 1. The number of amides is 1. The number of hydrogen-bond donors (Lipinski definition) is 2. The highest BCUT2D eigenvalue weighted by Gasteiger charge is 2.12. The van der Waals surface area contributed by atoms with E-state index in [1.165, 1.54) is 24.4 Å². The Balaban J connectivity index is 2.09. The number of halogens is 2. The van der Waals surface area contributed by atoms with Gasteiger partial charge in [0.05, 0.1) is 21.8 Å². The molecule has 1 aromatic heterocycles. The van der Waals surface area contributed by atoms with Crippen LogP contribution in [0.4, 0.5) is 21.5 Å². The summed E-state index contributed by atoms with van der Waals surface area (Å²) in [5.74, 6) is 3.94. The smallest absolute Gasteiger partial charge is 0.300 e. The third-order valence-corrected chi connectivity index (χ3v) is 3.96. The Kier molecular flexibility index (Phi) is 5.21. The van der Waals surface area contributed by atoms with Crippen LogP contribution in [0.1, 0.15) is 12.5 Å². The molecule has 0 bridgehead atoms. The van der Waals surface area contributed by atoms with Crippen LogP contribution >= 0.6 is 11.6 Å². The average molecular weight is 379 g/mol. The minimum absolute atomic E-state index is 0.0389. The SMILES string of the molecule is CC#CC(=O)Nc1ccc2ncc(C#N)c(Nc3ccc(F)c(Cl)c3)c2c1. The first-order valence-corrected chi connectivity index (χ1v) is 8.18. The summed E-state index contributed by atoms with van der Waals surface area (Å²) in [6.45, 7) is 1.57. The van der Waals surface area contributed by atoms with Gasteiger partial charge in [-0.1, -0.05) is 17.5 Å². The second-order valence-corrected chi connectivity index (χ2v) is 5.88. The van der Waals surface area contributed by atoms with Gasteiger partial charge < -0.3 is 10.6 Å². The van der Waals surface area contributed by atoms with Crippen LogP contribution in [0.15, 0.2) is 42.6 Å². The topological polar surface area (TPSA) is 77.8 Å². The molecule has 0 saturated carbocycles. The molecule has 27 heavy (non-hydrogen) atoms. The number of nitriles is 1. The normalized spacial score (nSPS) is 9.85. The van der Waals surface area contributed by atoms with Gasteiger partial charge in [-0.25, -0.2) is 4.39 Å². The average Bonchev–Trinajstić information content (AvgIpc) is 2.65. The van der Waals surface area contributed by atoms with Crippen molar-refractivity contribution in [3.05, 3.63) is 59.0 Å². The Hall–Kier alpha value is -3.61. The lowest BCUT2D eigenvalue weighted by atomic mass is 10.1. The maximum absolute atomic E-state index is 13.4. The second kappa shape index (κ2) is 7.74. The molecule has 0 unspecified atom stereocenters. The van der Waals surface area contributed by atoms with E-state index >= 15 is 0 Å². The molecule has 1 amide bonds. The van der Waals surface area contributed by atoms with E-state index in [1.807, 2.05) is 0 Å². The Morgan fingerprint density at radius 1 is 1.22 bits per heavy atom. The molecule has 0 aliphatic heterocycles. The number of hydrogen-bond acceptors (Lipinski definition) is 4. The lowest BCUT2D eigenvalue weighted by molar-refractivity contribution is -0.111. The molecule has 5 nitrogen and oxygen atoms in total. The van der Waals surface area contributed by atoms with Crippen molar-refractivity contribution in [3.63, 3.8) is 0 Å². The van der Waals surface area contributed by atoms with E-state index in [1.54, 1.807) is 25.1 Å². The summed E-state index contributed by atoms with van der Waals surface area (Å²) in [5.41, 5.74) is 2.40. The van der Waals surface area contributed by atoms with Crippen molar-refractivity contribution in [1.82, 2.24) is 4.98 Å². The molecule has 1 heterocycles. The predicted molar refractivity (Wildman–Crippen MR) is 103 cm³/mol. The number of benzene rings is 2. The van der Waals surface area contributed by atoms with Crippen LogP contribution < -0.4 is 10.6 Å². The predicted octanol–water partition coefficient (Wildman–Crippen LogP) is 4.60. The van der Waals surface area contributed by atoms with E-state index in [2.05, 4.69) is 33.5 Å². The van der Waals surface area contributed by atoms with Gasteiger partial charge >= 0.3 is 0 Å². The fraction of sp³-hybridized carbons (Fsp3) is 0.0500. The zero-order valence-electron chi connectivity index (χ0n) is 14.1. The van der Waals surface area contributed by atoms with Crippen LogP contribution in [0.5, 0.6) is 0 Å². The minimum Gasteiger partial charge on any atom is -0.354 e. The third kappa shape index (κ3) is 3.98. The summed E-state index contributed by atoms with van der Waals surface area (Å²) in [6.07, 6.45) is 1.44. The summed E-state index contributed by atoms with van der Waals surface area (Å²) in [6, 6.07) is 11.3. The Bertz CT molecular complexity index is 1160. The van der Waals surface area contributed by atoms with Crippen molar-refractivity contribution in [2.75, 3.05) is 10.6 Å². The first kappa shape index (κ1) is 18.2. The molecule has 0 aliphatic carbocycles. The molecule has 2 N–H and O–H groups in total. The van der Waals surface area contributed by atoms with Crippen LogP contribution in [0.3, 0.4) is 0 Å². The molecule has 0 spiro atoms. The minimum atomic E-state index is -0.538. The van der Waals surface area contributed by atoms with Crippen molar-refractivity contribution in [1.29, 1.82) is 5.26 Å². The Morgan fingerprint density at radius 2 is 2.00 bits per heavy atom. The molecule has 0 radical (unpaired) electrons. The summed E-state index contributed by atoms with van der Waals surface area (Å²) in [7, 11) is 0. The van der Waals surface area contributed by atoms with Crippen molar-refractivity contribution < 1.29 is 9.18 Å². The van der Waals surface area contributed by atoms with Crippen molar-refractivity contribution >= 4 is 45.5 Å². The summed E-state index contributed by atoms with van der Waals surface area (Å²) < 4.78 is 13.4. The number of nitrogens with zero attached hydrogens (tertiary/aromatic N) is 2. The monoisotopic (exact) mass is 378 g/mol. The molecule has 2 aromatic carbocycles. The van der Waals surface area contributed by atoms with E-state index in [4.69, 9.17) is 11.6 Å². The molecular formula is C20H12ClFN4O. The van der Waals surface area contributed by atoms with E-state index in [0.29, 0.717) is 33.5 Å². The standard InChI is InChI=1S/C20H12ClFN4O/c1-2-3-19(27)25-13-5-7-18-15(8-13)20(12(10-23)11-24-18)26-14-4-6-17(22)16(21)9-14/h4-9,11H,1H3,(H,24,26)(H,25,27). The number of carbonyl (C=O) groups is 1. The van der Waals surface area contributed by atoms with Gasteiger partial charge in [-0.15, -0.1) is 0 Å². The van der Waals surface area contributed by atoms with Gasteiger partial charge in [0.2, 0.25) is 0 Å². The molecule has 0 aliphatic rings. The van der Waals surface area contributed by atoms with Gasteiger partial charge in [-0.3, -0.25) is 9.78 Å². The molecule has 3 rings (SSSR count). The Labute approximate surface area is 159 Å². The van der Waals surface area contributed by atoms with Crippen LogP contribution in [-0.4, -0.2) is 10.9 Å². The van der Waals surface area contributed by atoms with Gasteiger partial charge in [-0.2, -0.15) is 5.26 Å². The second-order valence-electron chi connectivity index (χ2n) is 5.47. The van der Waals surface area contributed by atoms with E-state index in [0.717, 1.165) is 0 Å². The van der Waals surface area contributed by atoms with Crippen molar-refractivity contribution in [2.45, 2.75) is 6.92 Å². The first-order valence-electron chi connectivity index (χ1n) is 7.80. The van der Waals surface area contributed by atoms with E-state index < -0.39 is 11.7 Å². The quantitative estimate of drug-likeness (QED) is 0.653. The zero-order valence-corrected chi connectivity index (χ0v) is 14.9. The number of carbonyl (C=O) groups excluding carboxylic acids is 1. The van der Waals surface area contributed by atoms with Gasteiger partial charge in [0.25, 0.3) is 5.91 Å². The maximum Gasteiger partial charge on any atom is 0.300 e. The van der Waals surface area contributed by atoms with E-state index in [-0.39, 0.29) is 5.02 Å². The van der Waals surface area contributed by atoms with Gasteiger partial charge in [0, 0.05) is 23.0 Å². The van der Waals surface area contributed by atoms with Crippen molar-refractivity contribution in [2.24, 2.45) is 0 Å². The number of fused-ring (bicyclic) bond motifs is 1. The molecule has 0 saturated heterocycles. The number of rotatable bonds is 3. The fourth-order valence-corrected chi connectivity index (χ4v) is 2.66. The first-order chi connectivity index (χ1) is 13.0. The molecule has 0 atom stereocenters. The van der Waals surface area contributed by atoms with Crippen molar-refractivity contribution in [3.8, 4) is 17.9 Å². The maximum atomic E-state index is 13.4. The van der Waals surface area contributed by atoms with Gasteiger partial charge in [0.15, 0.2) is 0 Å². The summed E-state index contributed by atoms with van der Waals surface area (Å²) >= 11 is 5.83. The highest BCUT2D eigenvalue weighted by molar-refractivity contribution is 6.31. The summed E-state index contributed by atoms with van der Waals surface area (Å²) in [4.78, 5) is 16.0.